The van der Waals surface area contributed by atoms with Gasteiger partial charge in [-0.3, -0.25) is 4.79 Å². The first-order valence-electron chi connectivity index (χ1n) is 10.7. The van der Waals surface area contributed by atoms with E-state index in [0.29, 0.717) is 18.1 Å². The van der Waals surface area contributed by atoms with Crippen LogP contribution in [-0.2, 0) is 26.6 Å². The van der Waals surface area contributed by atoms with E-state index < -0.39 is 9.84 Å². The van der Waals surface area contributed by atoms with Gasteiger partial charge in [-0.15, -0.1) is 10.2 Å². The fourth-order valence-electron chi connectivity index (χ4n) is 3.72. The number of furan rings is 1. The Morgan fingerprint density at radius 2 is 1.94 bits per heavy atom. The van der Waals surface area contributed by atoms with E-state index in [1.54, 1.807) is 17.0 Å². The molecule has 0 spiro atoms. The van der Waals surface area contributed by atoms with Crippen molar-refractivity contribution in [2.45, 2.75) is 50.4 Å². The second-order valence-corrected chi connectivity index (χ2v) is 12.3. The molecule has 1 atom stereocenters. The van der Waals surface area contributed by atoms with Crippen LogP contribution in [0.5, 0.6) is 0 Å². The highest BCUT2D eigenvalue weighted by atomic mass is 32.2. The van der Waals surface area contributed by atoms with Crippen LogP contribution in [-0.4, -0.2) is 52.7 Å². The number of amides is 1. The van der Waals surface area contributed by atoms with Crippen molar-refractivity contribution in [2.24, 2.45) is 0 Å². The number of thioether (sulfide) groups is 1. The molecule has 1 amide bonds. The minimum absolute atomic E-state index is 0.0284. The summed E-state index contributed by atoms with van der Waals surface area (Å²) in [5.41, 5.74) is 2.07. The molecule has 0 aliphatic carbocycles. The Labute approximate surface area is 197 Å². The lowest BCUT2D eigenvalue weighted by Gasteiger charge is -2.27. The molecular weight excluding hydrogens is 462 g/mol. The van der Waals surface area contributed by atoms with E-state index in [-0.39, 0.29) is 46.4 Å². The fourth-order valence-corrected chi connectivity index (χ4v) is 6.10. The summed E-state index contributed by atoms with van der Waals surface area (Å²) in [6.45, 7) is 6.67. The van der Waals surface area contributed by atoms with E-state index in [9.17, 15) is 13.2 Å². The van der Waals surface area contributed by atoms with Crippen LogP contribution in [0.3, 0.4) is 0 Å². The van der Waals surface area contributed by atoms with Gasteiger partial charge in [0.15, 0.2) is 9.84 Å². The van der Waals surface area contributed by atoms with Crippen LogP contribution in [0.15, 0.2) is 56.7 Å². The van der Waals surface area contributed by atoms with Crippen LogP contribution in [0, 0.1) is 0 Å². The van der Waals surface area contributed by atoms with Crippen molar-refractivity contribution in [3.63, 3.8) is 0 Å². The number of benzene rings is 1. The number of sulfone groups is 1. The molecule has 1 aliphatic rings. The lowest BCUT2D eigenvalue weighted by Crippen LogP contribution is -2.41. The highest BCUT2D eigenvalue weighted by molar-refractivity contribution is 7.99. The maximum atomic E-state index is 13.0. The Morgan fingerprint density at radius 3 is 2.55 bits per heavy atom. The van der Waals surface area contributed by atoms with Gasteiger partial charge in [-0.1, -0.05) is 44.7 Å². The molecule has 1 aliphatic heterocycles. The van der Waals surface area contributed by atoms with Gasteiger partial charge in [0.05, 0.1) is 30.1 Å². The van der Waals surface area contributed by atoms with Crippen molar-refractivity contribution in [1.29, 1.82) is 0 Å². The van der Waals surface area contributed by atoms with E-state index in [1.165, 1.54) is 11.8 Å². The number of carbonyl (C=O) groups excluding carboxylic acids is 1. The Hall–Kier alpha value is -2.59. The summed E-state index contributed by atoms with van der Waals surface area (Å²) in [5.74, 6) is 0.915. The Kier molecular flexibility index (Phi) is 6.67. The molecule has 1 saturated heterocycles. The Bertz CT molecular complexity index is 1200. The van der Waals surface area contributed by atoms with Gasteiger partial charge in [0.1, 0.15) is 5.76 Å². The minimum atomic E-state index is -3.13. The predicted octanol–water partition coefficient (Wildman–Crippen LogP) is 3.94. The molecule has 8 nitrogen and oxygen atoms in total. The summed E-state index contributed by atoms with van der Waals surface area (Å²) in [7, 11) is -3.13. The van der Waals surface area contributed by atoms with E-state index >= 15 is 0 Å². The molecular formula is C23H27N3O5S2. The maximum absolute atomic E-state index is 13.0. The summed E-state index contributed by atoms with van der Waals surface area (Å²) in [4.78, 5) is 14.6. The topological polar surface area (TPSA) is 107 Å². The average Bonchev–Trinajstić information content (AvgIpc) is 3.51. The molecule has 0 bridgehead atoms. The smallest absolute Gasteiger partial charge is 0.277 e. The van der Waals surface area contributed by atoms with Gasteiger partial charge in [0.2, 0.25) is 11.8 Å². The number of aromatic nitrogens is 2. The van der Waals surface area contributed by atoms with Gasteiger partial charge >= 0.3 is 0 Å². The molecule has 3 aromatic rings. The standard InChI is InChI=1S/C23H27N3O5S2/c1-23(2,3)17-8-6-16(7-9-17)21-24-25-22(31-21)32-14-20(27)26(13-19-5-4-11-30-19)18-10-12-33(28,29)15-18/h4-9,11,18H,10,12-15H2,1-3H3. The normalized spacial score (nSPS) is 17.8. The highest BCUT2D eigenvalue weighted by Gasteiger charge is 2.35. The third kappa shape index (κ3) is 5.86. The van der Waals surface area contributed by atoms with Crippen molar-refractivity contribution in [2.75, 3.05) is 17.3 Å². The first kappa shape index (κ1) is 23.6. The van der Waals surface area contributed by atoms with Gasteiger partial charge in [-0.2, -0.15) is 0 Å². The molecule has 2 aromatic heterocycles. The third-order valence-corrected chi connectivity index (χ3v) is 8.15. The molecule has 3 heterocycles. The van der Waals surface area contributed by atoms with Crippen LogP contribution in [0.2, 0.25) is 0 Å². The monoisotopic (exact) mass is 489 g/mol. The van der Waals surface area contributed by atoms with Crippen molar-refractivity contribution in [3.8, 4) is 11.5 Å². The van der Waals surface area contributed by atoms with Gasteiger partial charge in [-0.05, 0) is 41.7 Å². The maximum Gasteiger partial charge on any atom is 0.277 e. The van der Waals surface area contributed by atoms with Crippen molar-refractivity contribution >= 4 is 27.5 Å². The summed E-state index contributed by atoms with van der Waals surface area (Å²) in [6, 6.07) is 11.1. The largest absolute Gasteiger partial charge is 0.467 e. The van der Waals surface area contributed by atoms with Gasteiger partial charge < -0.3 is 13.7 Å². The zero-order valence-corrected chi connectivity index (χ0v) is 20.5. The van der Waals surface area contributed by atoms with Gasteiger partial charge in [0, 0.05) is 11.6 Å². The predicted molar refractivity (Wildman–Crippen MR) is 125 cm³/mol. The van der Waals surface area contributed by atoms with Gasteiger partial charge in [0.25, 0.3) is 5.22 Å². The van der Waals surface area contributed by atoms with E-state index in [0.717, 1.165) is 17.3 Å². The van der Waals surface area contributed by atoms with E-state index in [2.05, 4.69) is 31.0 Å². The Balaban J connectivity index is 1.42. The van der Waals surface area contributed by atoms with Crippen LogP contribution < -0.4 is 0 Å². The van der Waals surface area contributed by atoms with Crippen molar-refractivity contribution in [1.82, 2.24) is 15.1 Å². The summed E-state index contributed by atoms with van der Waals surface area (Å²) in [5, 5.41) is 8.44. The lowest BCUT2D eigenvalue weighted by atomic mass is 9.87. The molecule has 4 rings (SSSR count). The van der Waals surface area contributed by atoms with Crippen LogP contribution >= 0.6 is 11.8 Å². The number of carbonyl (C=O) groups is 1. The molecule has 0 radical (unpaired) electrons. The Morgan fingerprint density at radius 1 is 1.18 bits per heavy atom. The number of hydrogen-bond acceptors (Lipinski definition) is 8. The molecule has 176 valence electrons. The van der Waals surface area contributed by atoms with Crippen LogP contribution in [0.4, 0.5) is 0 Å². The molecule has 33 heavy (non-hydrogen) atoms. The fraction of sp³-hybridized carbons (Fsp3) is 0.435. The highest BCUT2D eigenvalue weighted by Crippen LogP contribution is 2.28. The molecule has 0 N–H and O–H groups in total. The van der Waals surface area contributed by atoms with E-state index in [1.807, 2.05) is 24.3 Å². The molecule has 1 unspecified atom stereocenters. The second-order valence-electron chi connectivity index (χ2n) is 9.15. The van der Waals surface area contributed by atoms with Crippen LogP contribution in [0.1, 0.15) is 38.5 Å². The minimum Gasteiger partial charge on any atom is -0.467 e. The van der Waals surface area contributed by atoms with Gasteiger partial charge in [-0.25, -0.2) is 8.42 Å². The summed E-state index contributed by atoms with van der Waals surface area (Å²) >= 11 is 1.14. The number of nitrogens with zero attached hydrogens (tertiary/aromatic N) is 3. The summed E-state index contributed by atoms with van der Waals surface area (Å²) < 4.78 is 35.1. The number of hydrogen-bond donors (Lipinski definition) is 0. The first-order valence-corrected chi connectivity index (χ1v) is 13.5. The van der Waals surface area contributed by atoms with Crippen LogP contribution in [0.25, 0.3) is 11.5 Å². The first-order chi connectivity index (χ1) is 15.6. The average molecular weight is 490 g/mol. The third-order valence-electron chi connectivity index (χ3n) is 5.60. The zero-order chi connectivity index (χ0) is 23.6. The molecule has 1 fully saturated rings. The second kappa shape index (κ2) is 9.34. The lowest BCUT2D eigenvalue weighted by molar-refractivity contribution is -0.131. The molecule has 10 heteroatoms. The summed E-state index contributed by atoms with van der Waals surface area (Å²) in [6.07, 6.45) is 1.96. The SMILES string of the molecule is CC(C)(C)c1ccc(-c2nnc(SCC(=O)N(Cc3ccco3)C3CCS(=O)(=O)C3)o2)cc1. The quantitative estimate of drug-likeness (QED) is 0.460. The zero-order valence-electron chi connectivity index (χ0n) is 18.9. The molecule has 0 saturated carbocycles. The molecule has 1 aromatic carbocycles. The van der Waals surface area contributed by atoms with Crippen molar-refractivity contribution < 1.29 is 22.0 Å². The number of rotatable bonds is 7. The van der Waals surface area contributed by atoms with E-state index in [4.69, 9.17) is 8.83 Å². The van der Waals surface area contributed by atoms with Crippen molar-refractivity contribution in [3.05, 3.63) is 54.0 Å².